The molecule has 0 amide bonds. The number of hydrogen-bond acceptors (Lipinski definition) is 7. The SMILES string of the molecule is COC(=O)C(C#N)(C(C#N)=C(O)OC)N1C[C+](c2ccccc2)C1. The van der Waals surface area contributed by atoms with Crippen LogP contribution in [-0.2, 0) is 14.3 Å². The molecule has 1 aromatic carbocycles. The van der Waals surface area contributed by atoms with Gasteiger partial charge in [-0.2, -0.15) is 10.5 Å². The number of esters is 1. The number of aliphatic hydroxyl groups is 1. The van der Waals surface area contributed by atoms with Crippen LogP contribution in [0, 0.1) is 28.6 Å². The van der Waals surface area contributed by atoms with Gasteiger partial charge in [0, 0.05) is 12.1 Å². The smallest absolute Gasteiger partial charge is 0.347 e. The van der Waals surface area contributed by atoms with Gasteiger partial charge in [-0.1, -0.05) is 0 Å². The minimum absolute atomic E-state index is 0.287. The van der Waals surface area contributed by atoms with Crippen LogP contribution in [-0.4, -0.2) is 48.8 Å². The van der Waals surface area contributed by atoms with Gasteiger partial charge in [0.05, 0.1) is 33.2 Å². The maximum atomic E-state index is 12.3. The van der Waals surface area contributed by atoms with Gasteiger partial charge in [-0.25, -0.2) is 9.69 Å². The summed E-state index contributed by atoms with van der Waals surface area (Å²) in [4.78, 5) is 13.8. The Bertz CT molecular complexity index is 726. The van der Waals surface area contributed by atoms with Gasteiger partial charge in [0.15, 0.2) is 5.57 Å². The number of methoxy groups -OCH3 is 2. The fraction of sp³-hybridized carbons (Fsp3) is 0.294. The molecule has 1 heterocycles. The number of nitrogens with zero attached hydrogens (tertiary/aromatic N) is 3. The number of nitriles is 2. The highest BCUT2D eigenvalue weighted by atomic mass is 16.6. The van der Waals surface area contributed by atoms with Gasteiger partial charge in [-0.3, -0.25) is 0 Å². The molecule has 7 nitrogen and oxygen atoms in total. The molecule has 0 saturated carbocycles. The first kappa shape index (κ1) is 17.2. The van der Waals surface area contributed by atoms with E-state index in [4.69, 9.17) is 4.74 Å². The van der Waals surface area contributed by atoms with Crippen molar-refractivity contribution in [3.05, 3.63) is 53.3 Å². The summed E-state index contributed by atoms with van der Waals surface area (Å²) in [5.74, 6) is -0.719. The number of hydrogen-bond donors (Lipinski definition) is 1. The lowest BCUT2D eigenvalue weighted by Gasteiger charge is -2.43. The fourth-order valence-corrected chi connectivity index (χ4v) is 2.60. The van der Waals surface area contributed by atoms with Crippen LogP contribution in [0.3, 0.4) is 0 Å². The zero-order valence-electron chi connectivity index (χ0n) is 13.3. The predicted octanol–water partition coefficient (Wildman–Crippen LogP) is 1.30. The Morgan fingerprint density at radius 2 is 1.88 bits per heavy atom. The number of ether oxygens (including phenoxy) is 2. The average molecular weight is 326 g/mol. The largest absolute Gasteiger partial charge is 0.480 e. The highest BCUT2D eigenvalue weighted by Gasteiger charge is 2.58. The maximum Gasteiger partial charge on any atom is 0.347 e. The zero-order valence-corrected chi connectivity index (χ0v) is 13.3. The second-order valence-corrected chi connectivity index (χ2v) is 5.14. The maximum absolute atomic E-state index is 12.3. The van der Waals surface area contributed by atoms with Gasteiger partial charge in [-0.15, -0.1) is 0 Å². The Balaban J connectivity index is 2.39. The van der Waals surface area contributed by atoms with E-state index in [1.54, 1.807) is 6.07 Å². The first-order chi connectivity index (χ1) is 11.5. The van der Waals surface area contributed by atoms with Crippen molar-refractivity contribution in [3.8, 4) is 12.1 Å². The van der Waals surface area contributed by atoms with Crippen LogP contribution in [0.4, 0.5) is 0 Å². The number of benzene rings is 1. The summed E-state index contributed by atoms with van der Waals surface area (Å²) >= 11 is 0. The Labute approximate surface area is 139 Å². The van der Waals surface area contributed by atoms with Crippen LogP contribution in [0.1, 0.15) is 5.56 Å². The molecule has 2 rings (SSSR count). The van der Waals surface area contributed by atoms with Crippen molar-refractivity contribution in [1.82, 2.24) is 4.90 Å². The number of carbonyl (C=O) groups is 1. The summed E-state index contributed by atoms with van der Waals surface area (Å²) in [5, 5.41) is 28.8. The molecule has 1 unspecified atom stereocenters. The molecular formula is C17H16N3O4+. The molecule has 1 atom stereocenters. The van der Waals surface area contributed by atoms with E-state index in [1.807, 2.05) is 36.4 Å². The Hall–Kier alpha value is -3.16. The van der Waals surface area contributed by atoms with E-state index in [9.17, 15) is 20.4 Å². The highest BCUT2D eigenvalue weighted by Crippen LogP contribution is 2.37. The van der Waals surface area contributed by atoms with E-state index in [1.165, 1.54) is 4.90 Å². The Kier molecular flexibility index (Phi) is 4.98. The Morgan fingerprint density at radius 3 is 2.33 bits per heavy atom. The summed E-state index contributed by atoms with van der Waals surface area (Å²) in [6.07, 6.45) is 0. The van der Waals surface area contributed by atoms with E-state index in [0.717, 1.165) is 25.7 Å². The first-order valence-corrected chi connectivity index (χ1v) is 7.07. The van der Waals surface area contributed by atoms with Crippen LogP contribution < -0.4 is 0 Å². The van der Waals surface area contributed by atoms with E-state index in [-0.39, 0.29) is 13.1 Å². The molecule has 7 heteroatoms. The third-order valence-electron chi connectivity index (χ3n) is 3.94. The molecule has 1 aliphatic rings. The number of carbonyl (C=O) groups excluding carboxylic acids is 1. The van der Waals surface area contributed by atoms with E-state index >= 15 is 0 Å². The summed E-state index contributed by atoms with van der Waals surface area (Å²) in [6.45, 7) is 0.573. The topological polar surface area (TPSA) is 107 Å². The summed E-state index contributed by atoms with van der Waals surface area (Å²) in [6, 6.07) is 13.0. The number of rotatable bonds is 5. The quantitative estimate of drug-likeness (QED) is 0.376. The van der Waals surface area contributed by atoms with Crippen LogP contribution >= 0.6 is 0 Å². The van der Waals surface area contributed by atoms with Gasteiger partial charge < -0.3 is 14.6 Å². The molecule has 1 fully saturated rings. The molecular weight excluding hydrogens is 310 g/mol. The van der Waals surface area contributed by atoms with Gasteiger partial charge in [0.1, 0.15) is 17.7 Å². The number of aliphatic hydroxyl groups excluding tert-OH is 1. The van der Waals surface area contributed by atoms with Gasteiger partial charge in [0.2, 0.25) is 0 Å². The van der Waals surface area contributed by atoms with Crippen molar-refractivity contribution in [2.75, 3.05) is 27.3 Å². The lowest BCUT2D eigenvalue weighted by molar-refractivity contribution is -0.150. The van der Waals surface area contributed by atoms with Crippen molar-refractivity contribution < 1.29 is 19.4 Å². The second-order valence-electron chi connectivity index (χ2n) is 5.14. The molecule has 0 aliphatic carbocycles. The molecule has 0 bridgehead atoms. The van der Waals surface area contributed by atoms with Crippen LogP contribution in [0.2, 0.25) is 0 Å². The van der Waals surface area contributed by atoms with Crippen LogP contribution in [0.5, 0.6) is 0 Å². The molecule has 1 N–H and O–H groups in total. The molecule has 122 valence electrons. The minimum atomic E-state index is -2.05. The third-order valence-corrected chi connectivity index (χ3v) is 3.94. The van der Waals surface area contributed by atoms with Crippen molar-refractivity contribution in [1.29, 1.82) is 10.5 Å². The van der Waals surface area contributed by atoms with Crippen molar-refractivity contribution >= 4 is 5.97 Å². The lowest BCUT2D eigenvalue weighted by atomic mass is 9.81. The molecule has 0 spiro atoms. The third kappa shape index (κ3) is 2.62. The summed E-state index contributed by atoms with van der Waals surface area (Å²) < 4.78 is 9.37. The highest BCUT2D eigenvalue weighted by molar-refractivity contribution is 5.90. The summed E-state index contributed by atoms with van der Waals surface area (Å²) in [7, 11) is 2.26. The standard InChI is InChI=1S/C17H15N3O4/c1-23-15(21)14(8-18)17(11-19,16(22)24-2)20-9-13(10-20)12-6-4-3-5-7-12/h3-7H,9-10H2,1-2H3/p+1. The Morgan fingerprint density at radius 1 is 1.25 bits per heavy atom. The van der Waals surface area contributed by atoms with Crippen LogP contribution in [0.15, 0.2) is 41.9 Å². The monoisotopic (exact) mass is 326 g/mol. The zero-order chi connectivity index (χ0) is 17.7. The van der Waals surface area contributed by atoms with Gasteiger partial charge in [0.25, 0.3) is 11.5 Å². The van der Waals surface area contributed by atoms with E-state index < -0.39 is 23.0 Å². The van der Waals surface area contributed by atoms with Gasteiger partial charge >= 0.3 is 5.97 Å². The van der Waals surface area contributed by atoms with Gasteiger partial charge in [-0.05, 0) is 18.2 Å². The molecule has 1 saturated heterocycles. The molecule has 0 aromatic heterocycles. The van der Waals surface area contributed by atoms with Crippen molar-refractivity contribution in [3.63, 3.8) is 0 Å². The fourth-order valence-electron chi connectivity index (χ4n) is 2.60. The van der Waals surface area contributed by atoms with Crippen LogP contribution in [0.25, 0.3) is 0 Å². The summed E-state index contributed by atoms with van der Waals surface area (Å²) in [5.41, 5.74) is -1.56. The average Bonchev–Trinajstić information content (AvgIpc) is 2.59. The second kappa shape index (κ2) is 6.95. The first-order valence-electron chi connectivity index (χ1n) is 7.07. The van der Waals surface area contributed by atoms with Crippen molar-refractivity contribution in [2.45, 2.75) is 5.54 Å². The van der Waals surface area contributed by atoms with E-state index in [2.05, 4.69) is 4.74 Å². The minimum Gasteiger partial charge on any atom is -0.480 e. The lowest BCUT2D eigenvalue weighted by Crippen LogP contribution is -2.63. The van der Waals surface area contributed by atoms with Crippen molar-refractivity contribution in [2.24, 2.45) is 0 Å². The molecule has 0 radical (unpaired) electrons. The van der Waals surface area contributed by atoms with E-state index in [0.29, 0.717) is 0 Å². The normalized spacial score (nSPS) is 17.4. The molecule has 24 heavy (non-hydrogen) atoms. The molecule has 1 aromatic rings. The molecule has 1 aliphatic heterocycles. The predicted molar refractivity (Wildman–Crippen MR) is 83.0 cm³/mol. The number of likely N-dealkylation sites (tertiary alicyclic amines) is 1.